The first kappa shape index (κ1) is 24.6. The topological polar surface area (TPSA) is 91.7 Å². The van der Waals surface area contributed by atoms with Crippen LogP contribution < -0.4 is 0 Å². The molecule has 0 aliphatic carbocycles. The molecule has 4 aromatic rings. The maximum absolute atomic E-state index is 13.4. The number of carbonyl (C=O) groups excluding carboxylic acids is 2. The van der Waals surface area contributed by atoms with Crippen molar-refractivity contribution in [1.82, 2.24) is 3.97 Å². The third-order valence-electron chi connectivity index (χ3n) is 5.55. The molecule has 0 atom stereocenters. The van der Waals surface area contributed by atoms with Gasteiger partial charge < -0.3 is 9.47 Å². The van der Waals surface area contributed by atoms with Gasteiger partial charge in [-0.15, -0.1) is 0 Å². The number of nitrogens with zero attached hydrogens (tertiary/aromatic N) is 1. The van der Waals surface area contributed by atoms with Gasteiger partial charge in [-0.3, -0.25) is 9.59 Å². The number of esters is 2. The Morgan fingerprint density at radius 3 is 2.09 bits per heavy atom. The fraction of sp³-hybridized carbons (Fsp3) is 0.154. The van der Waals surface area contributed by atoms with Crippen molar-refractivity contribution in [1.29, 1.82) is 0 Å². The summed E-state index contributed by atoms with van der Waals surface area (Å²) in [6, 6.07) is 20.9. The second kappa shape index (κ2) is 9.97. The summed E-state index contributed by atoms with van der Waals surface area (Å²) < 4.78 is 37.9. The fourth-order valence-corrected chi connectivity index (χ4v) is 6.17. The molecule has 0 fully saturated rings. The van der Waals surface area contributed by atoms with Gasteiger partial charge in [0, 0.05) is 26.9 Å². The Kier molecular flexibility index (Phi) is 7.00. The minimum atomic E-state index is -3.93. The lowest BCUT2D eigenvalue weighted by atomic mass is 9.95. The molecule has 1 heterocycles. The average Bonchev–Trinajstić information content (AvgIpc) is 3.31. The Morgan fingerprint density at radius 1 is 0.857 bits per heavy atom. The molecular weight excluding hydrogens is 486 g/mol. The zero-order valence-corrected chi connectivity index (χ0v) is 20.9. The molecule has 0 unspecified atom stereocenters. The number of hydrogen-bond acceptors (Lipinski definition) is 7. The number of aromatic nitrogens is 1. The van der Waals surface area contributed by atoms with Crippen LogP contribution >= 0.6 is 11.8 Å². The summed E-state index contributed by atoms with van der Waals surface area (Å²) in [4.78, 5) is 27.1. The van der Waals surface area contributed by atoms with E-state index in [4.69, 9.17) is 9.47 Å². The Morgan fingerprint density at radius 2 is 1.49 bits per heavy atom. The molecule has 9 heteroatoms. The first-order valence-electron chi connectivity index (χ1n) is 10.6. The van der Waals surface area contributed by atoms with Crippen LogP contribution in [-0.2, 0) is 29.1 Å². The van der Waals surface area contributed by atoms with Gasteiger partial charge in [-0.05, 0) is 49.4 Å². The van der Waals surface area contributed by atoms with Crippen molar-refractivity contribution in [2.45, 2.75) is 27.5 Å². The van der Waals surface area contributed by atoms with Crippen LogP contribution in [0.1, 0.15) is 17.0 Å². The van der Waals surface area contributed by atoms with E-state index >= 15 is 0 Å². The minimum absolute atomic E-state index is 0.127. The molecule has 4 rings (SSSR count). The molecular formula is C26H23NO6S2. The molecule has 0 saturated heterocycles. The van der Waals surface area contributed by atoms with E-state index in [0.717, 1.165) is 14.4 Å². The number of carbonyl (C=O) groups is 2. The zero-order valence-electron chi connectivity index (χ0n) is 19.3. The second-order valence-corrected chi connectivity index (χ2v) is 10.7. The van der Waals surface area contributed by atoms with E-state index < -0.39 is 27.9 Å². The van der Waals surface area contributed by atoms with Crippen molar-refractivity contribution in [3.05, 3.63) is 90.1 Å². The normalized spacial score (nSPS) is 11.5. The van der Waals surface area contributed by atoms with E-state index in [2.05, 4.69) is 0 Å². The van der Waals surface area contributed by atoms with Gasteiger partial charge >= 0.3 is 11.9 Å². The molecule has 0 aliphatic rings. The molecule has 0 spiro atoms. The van der Waals surface area contributed by atoms with Crippen molar-refractivity contribution in [3.8, 4) is 0 Å². The summed E-state index contributed by atoms with van der Waals surface area (Å²) >= 11 is 1.35. The number of aryl methyl sites for hydroxylation is 1. The monoisotopic (exact) mass is 509 g/mol. The highest BCUT2D eigenvalue weighted by atomic mass is 32.2. The van der Waals surface area contributed by atoms with Crippen LogP contribution in [0.5, 0.6) is 0 Å². The Bertz CT molecular complexity index is 1480. The summed E-state index contributed by atoms with van der Waals surface area (Å²) in [5.74, 6) is -2.99. The van der Waals surface area contributed by atoms with Crippen LogP contribution in [0, 0.1) is 6.92 Å². The van der Waals surface area contributed by atoms with Crippen molar-refractivity contribution in [2.24, 2.45) is 0 Å². The van der Waals surface area contributed by atoms with Crippen LogP contribution in [0.2, 0.25) is 0 Å². The van der Waals surface area contributed by atoms with Crippen molar-refractivity contribution in [3.63, 3.8) is 0 Å². The summed E-state index contributed by atoms with van der Waals surface area (Å²) in [5, 5.41) is 0.433. The van der Waals surface area contributed by atoms with Gasteiger partial charge in [-0.1, -0.05) is 47.7 Å². The van der Waals surface area contributed by atoms with Gasteiger partial charge in [0.05, 0.1) is 24.6 Å². The summed E-state index contributed by atoms with van der Waals surface area (Å²) in [5.41, 5.74) is 1.59. The molecule has 1 aromatic heterocycles. The van der Waals surface area contributed by atoms with Gasteiger partial charge in [0.1, 0.15) is 0 Å². The average molecular weight is 510 g/mol. The number of benzene rings is 3. The lowest BCUT2D eigenvalue weighted by Gasteiger charge is -2.18. The molecule has 0 radical (unpaired) electrons. The second-order valence-electron chi connectivity index (χ2n) is 7.73. The molecule has 7 nitrogen and oxygen atoms in total. The molecule has 35 heavy (non-hydrogen) atoms. The van der Waals surface area contributed by atoms with E-state index in [1.807, 2.05) is 37.3 Å². The highest BCUT2D eigenvalue weighted by Gasteiger charge is 2.35. The van der Waals surface area contributed by atoms with E-state index in [0.29, 0.717) is 21.4 Å². The van der Waals surface area contributed by atoms with E-state index in [-0.39, 0.29) is 4.90 Å². The predicted molar refractivity (Wildman–Crippen MR) is 133 cm³/mol. The number of ether oxygens (including phenoxy) is 2. The smallest absolute Gasteiger partial charge is 0.324 e. The number of hydrogen-bond donors (Lipinski definition) is 0. The highest BCUT2D eigenvalue weighted by Crippen LogP contribution is 2.40. The quantitative estimate of drug-likeness (QED) is 0.262. The first-order chi connectivity index (χ1) is 16.8. The van der Waals surface area contributed by atoms with Crippen molar-refractivity contribution in [2.75, 3.05) is 14.2 Å². The molecule has 0 N–H and O–H groups in total. The van der Waals surface area contributed by atoms with Crippen LogP contribution in [0.25, 0.3) is 10.9 Å². The molecule has 0 saturated carbocycles. The first-order valence-corrected chi connectivity index (χ1v) is 12.9. The van der Waals surface area contributed by atoms with Crippen molar-refractivity contribution >= 4 is 44.6 Å². The van der Waals surface area contributed by atoms with Crippen LogP contribution in [0.3, 0.4) is 0 Å². The SMILES string of the molecule is COC(=O)C(C(=O)OC)c1c(Sc2ccccc2)ccc2c1ccn2S(=O)(=O)c1ccc(C)cc1. The van der Waals surface area contributed by atoms with E-state index in [9.17, 15) is 18.0 Å². The molecule has 180 valence electrons. The number of rotatable bonds is 7. The molecule has 0 bridgehead atoms. The predicted octanol–water partition coefficient (Wildman–Crippen LogP) is 4.77. The van der Waals surface area contributed by atoms with Gasteiger partial charge in [0.2, 0.25) is 0 Å². The van der Waals surface area contributed by atoms with Gasteiger partial charge in [0.25, 0.3) is 10.0 Å². The van der Waals surface area contributed by atoms with E-state index in [1.165, 1.54) is 32.2 Å². The molecule has 0 aliphatic heterocycles. The molecule has 3 aromatic carbocycles. The Labute approximate surface area is 207 Å². The van der Waals surface area contributed by atoms with E-state index in [1.54, 1.807) is 42.5 Å². The van der Waals surface area contributed by atoms with Gasteiger partial charge in [-0.2, -0.15) is 0 Å². The fourth-order valence-electron chi connectivity index (χ4n) is 3.80. The highest BCUT2D eigenvalue weighted by molar-refractivity contribution is 7.99. The Balaban J connectivity index is 1.96. The van der Waals surface area contributed by atoms with Crippen molar-refractivity contribution < 1.29 is 27.5 Å². The maximum atomic E-state index is 13.4. The van der Waals surface area contributed by atoms with Crippen LogP contribution in [-0.4, -0.2) is 38.5 Å². The van der Waals surface area contributed by atoms with Gasteiger partial charge in [-0.25, -0.2) is 12.4 Å². The number of methoxy groups -OCH3 is 2. The Hall–Kier alpha value is -3.56. The standard InChI is InChI=1S/C26H23NO6S2/c1-17-9-11-19(12-10-17)35(30,31)27-16-15-20-21(27)13-14-22(34-18-7-5-4-6-8-18)23(20)24(25(28)32-2)26(29)33-3/h4-16,24H,1-3H3. The lowest BCUT2D eigenvalue weighted by molar-refractivity contribution is -0.154. The largest absolute Gasteiger partial charge is 0.468 e. The lowest BCUT2D eigenvalue weighted by Crippen LogP contribution is -2.25. The number of fused-ring (bicyclic) bond motifs is 1. The zero-order chi connectivity index (χ0) is 25.2. The minimum Gasteiger partial charge on any atom is -0.468 e. The maximum Gasteiger partial charge on any atom is 0.324 e. The molecule has 0 amide bonds. The summed E-state index contributed by atoms with van der Waals surface area (Å²) in [6.45, 7) is 1.87. The third-order valence-corrected chi connectivity index (χ3v) is 8.34. The summed E-state index contributed by atoms with van der Waals surface area (Å²) in [6.07, 6.45) is 1.42. The van der Waals surface area contributed by atoms with Gasteiger partial charge in [0.15, 0.2) is 5.92 Å². The van der Waals surface area contributed by atoms with Crippen LogP contribution in [0.15, 0.2) is 93.7 Å². The summed E-state index contributed by atoms with van der Waals surface area (Å²) in [7, 11) is -1.55. The van der Waals surface area contributed by atoms with Crippen LogP contribution in [0.4, 0.5) is 0 Å². The third kappa shape index (κ3) is 4.69.